The van der Waals surface area contributed by atoms with Gasteiger partial charge in [-0.15, -0.1) is 11.8 Å². The summed E-state index contributed by atoms with van der Waals surface area (Å²) in [6.45, 7) is 0. The Morgan fingerprint density at radius 3 is 2.09 bits per heavy atom. The largest absolute Gasteiger partial charge is 0.272 e. The first-order valence-corrected chi connectivity index (χ1v) is 12.7. The van der Waals surface area contributed by atoms with Crippen LogP contribution in [0.3, 0.4) is 0 Å². The van der Waals surface area contributed by atoms with Gasteiger partial charge in [0.1, 0.15) is 11.5 Å². The monoisotopic (exact) mass is 466 g/mol. The zero-order chi connectivity index (χ0) is 22.9. The number of thioether (sulfide) groups is 1. The molecule has 32 heavy (non-hydrogen) atoms. The Balaban J connectivity index is 2.07. The molecule has 4 aromatic rings. The minimum absolute atomic E-state index is 0.174. The summed E-state index contributed by atoms with van der Waals surface area (Å²) in [5.74, 6) is -0.411. The van der Waals surface area contributed by atoms with Crippen LogP contribution in [0.5, 0.6) is 0 Å². The molecule has 162 valence electrons. The van der Waals surface area contributed by atoms with E-state index in [1.165, 1.54) is 24.3 Å². The van der Waals surface area contributed by atoms with Gasteiger partial charge in [0, 0.05) is 22.3 Å². The Hall–Kier alpha value is -3.23. The Labute approximate surface area is 189 Å². The lowest BCUT2D eigenvalue weighted by atomic mass is 9.92. The Bertz CT molecular complexity index is 1450. The molecular weight excluding hydrogens is 447 g/mol. The highest BCUT2D eigenvalue weighted by molar-refractivity contribution is 7.98. The number of aromatic amines is 1. The maximum Gasteiger partial charge on any atom is 0.272 e. The van der Waals surface area contributed by atoms with Crippen LogP contribution in [-0.4, -0.2) is 31.1 Å². The third-order valence-corrected chi connectivity index (χ3v) is 6.97. The lowest BCUT2D eigenvalue weighted by Crippen LogP contribution is -2.14. The summed E-state index contributed by atoms with van der Waals surface area (Å²) < 4.78 is 37.4. The van der Waals surface area contributed by atoms with E-state index in [2.05, 4.69) is 10.2 Å². The van der Waals surface area contributed by atoms with E-state index >= 15 is 0 Å². The fourth-order valence-corrected chi connectivity index (χ4v) is 4.76. The van der Waals surface area contributed by atoms with Crippen molar-refractivity contribution < 1.29 is 12.8 Å². The average Bonchev–Trinajstić information content (AvgIpc) is 2.79. The zero-order valence-electron chi connectivity index (χ0n) is 17.3. The molecule has 3 aromatic carbocycles. The number of rotatable bonds is 5. The van der Waals surface area contributed by atoms with Crippen molar-refractivity contribution in [1.82, 2.24) is 10.2 Å². The van der Waals surface area contributed by atoms with Crippen LogP contribution < -0.4 is 5.56 Å². The van der Waals surface area contributed by atoms with E-state index in [0.29, 0.717) is 27.9 Å². The molecule has 0 unspecified atom stereocenters. The van der Waals surface area contributed by atoms with E-state index in [4.69, 9.17) is 0 Å². The summed E-state index contributed by atoms with van der Waals surface area (Å²) in [5.41, 5.74) is 2.97. The molecule has 0 aliphatic rings. The van der Waals surface area contributed by atoms with E-state index in [1.54, 1.807) is 36.0 Å². The molecule has 5 nitrogen and oxygen atoms in total. The fraction of sp³-hybridized carbons (Fsp3) is 0.0833. The molecule has 0 fully saturated rings. The Kier molecular flexibility index (Phi) is 5.99. The second kappa shape index (κ2) is 8.72. The standard InChI is InChI=1S/C24H19FN2O3S2/c1-31-20-6-4-3-5-19(20)23-21(15-9-13-18(14-10-15)32(2,29)30)22(24(28)27-26-23)16-7-11-17(25)12-8-16/h3-14H,1-2H3,(H,27,28). The molecule has 0 radical (unpaired) electrons. The molecule has 0 aliphatic heterocycles. The van der Waals surface area contributed by atoms with Crippen LogP contribution in [0.15, 0.2) is 87.4 Å². The summed E-state index contributed by atoms with van der Waals surface area (Å²) in [5, 5.41) is 6.94. The molecule has 8 heteroatoms. The highest BCUT2D eigenvalue weighted by atomic mass is 32.2. The van der Waals surface area contributed by atoms with Crippen LogP contribution in [-0.2, 0) is 9.84 Å². The van der Waals surface area contributed by atoms with Gasteiger partial charge in [-0.3, -0.25) is 4.79 Å². The Morgan fingerprint density at radius 2 is 1.47 bits per heavy atom. The van der Waals surface area contributed by atoms with E-state index < -0.39 is 21.2 Å². The van der Waals surface area contributed by atoms with Crippen molar-refractivity contribution in [3.05, 3.63) is 89.0 Å². The van der Waals surface area contributed by atoms with E-state index in [9.17, 15) is 17.6 Å². The molecule has 0 saturated heterocycles. The number of H-pyrrole nitrogens is 1. The molecule has 4 rings (SSSR count). The molecule has 0 aliphatic carbocycles. The molecule has 0 bridgehead atoms. The lowest BCUT2D eigenvalue weighted by molar-refractivity contribution is 0.602. The summed E-state index contributed by atoms with van der Waals surface area (Å²) >= 11 is 1.55. The second-order valence-electron chi connectivity index (χ2n) is 7.16. The van der Waals surface area contributed by atoms with Gasteiger partial charge in [-0.2, -0.15) is 5.10 Å². The number of benzene rings is 3. The number of nitrogens with one attached hydrogen (secondary N) is 1. The van der Waals surface area contributed by atoms with E-state index in [1.807, 2.05) is 30.5 Å². The minimum atomic E-state index is -3.38. The van der Waals surface area contributed by atoms with Crippen molar-refractivity contribution in [2.45, 2.75) is 9.79 Å². The first-order valence-electron chi connectivity index (χ1n) is 9.62. The molecule has 0 atom stereocenters. The number of hydrogen-bond donors (Lipinski definition) is 1. The summed E-state index contributed by atoms with van der Waals surface area (Å²) in [7, 11) is -3.38. The molecule has 1 aromatic heterocycles. The predicted molar refractivity (Wildman–Crippen MR) is 126 cm³/mol. The first kappa shape index (κ1) is 22.0. The van der Waals surface area contributed by atoms with Gasteiger partial charge in [0.15, 0.2) is 9.84 Å². The van der Waals surface area contributed by atoms with Crippen molar-refractivity contribution in [1.29, 1.82) is 0 Å². The third kappa shape index (κ3) is 4.24. The van der Waals surface area contributed by atoms with Crippen LogP contribution in [0.2, 0.25) is 0 Å². The van der Waals surface area contributed by atoms with Gasteiger partial charge in [-0.05, 0) is 47.7 Å². The minimum Gasteiger partial charge on any atom is -0.267 e. The van der Waals surface area contributed by atoms with Gasteiger partial charge in [-0.25, -0.2) is 17.9 Å². The third-order valence-electron chi connectivity index (χ3n) is 5.05. The molecule has 0 amide bonds. The van der Waals surface area contributed by atoms with Gasteiger partial charge in [0.05, 0.1) is 10.5 Å². The fourth-order valence-electron chi connectivity index (χ4n) is 3.53. The molecule has 1 heterocycles. The van der Waals surface area contributed by atoms with Crippen LogP contribution in [0.1, 0.15) is 0 Å². The Morgan fingerprint density at radius 1 is 0.875 bits per heavy atom. The van der Waals surface area contributed by atoms with Crippen molar-refractivity contribution in [3.8, 4) is 33.5 Å². The van der Waals surface area contributed by atoms with E-state index in [0.717, 1.165) is 16.7 Å². The van der Waals surface area contributed by atoms with Gasteiger partial charge in [-0.1, -0.05) is 42.5 Å². The molecule has 1 N–H and O–H groups in total. The predicted octanol–water partition coefficient (Wildman–Crippen LogP) is 5.04. The SMILES string of the molecule is CSc1ccccc1-c1n[nH]c(=O)c(-c2ccc(F)cc2)c1-c1ccc(S(C)(=O)=O)cc1. The number of sulfone groups is 1. The van der Waals surface area contributed by atoms with Gasteiger partial charge >= 0.3 is 0 Å². The normalized spacial score (nSPS) is 11.5. The number of aromatic nitrogens is 2. The first-order chi connectivity index (χ1) is 15.3. The average molecular weight is 467 g/mol. The molecule has 0 saturated carbocycles. The van der Waals surface area contributed by atoms with Crippen molar-refractivity contribution in [3.63, 3.8) is 0 Å². The van der Waals surface area contributed by atoms with E-state index in [-0.39, 0.29) is 4.90 Å². The topological polar surface area (TPSA) is 79.9 Å². The van der Waals surface area contributed by atoms with Gasteiger partial charge in [0.2, 0.25) is 0 Å². The second-order valence-corrected chi connectivity index (χ2v) is 10.0. The molecular formula is C24H19FN2O3S2. The van der Waals surface area contributed by atoms with Crippen molar-refractivity contribution >= 4 is 21.6 Å². The lowest BCUT2D eigenvalue weighted by Gasteiger charge is -2.16. The van der Waals surface area contributed by atoms with Gasteiger partial charge in [0.25, 0.3) is 5.56 Å². The summed E-state index contributed by atoms with van der Waals surface area (Å²) in [4.78, 5) is 14.1. The smallest absolute Gasteiger partial charge is 0.267 e. The maximum absolute atomic E-state index is 13.6. The van der Waals surface area contributed by atoms with Crippen molar-refractivity contribution in [2.75, 3.05) is 12.5 Å². The zero-order valence-corrected chi connectivity index (χ0v) is 18.9. The quantitative estimate of drug-likeness (QED) is 0.417. The maximum atomic E-state index is 13.6. The van der Waals surface area contributed by atoms with Crippen LogP contribution >= 0.6 is 11.8 Å². The van der Waals surface area contributed by atoms with Crippen LogP contribution in [0.25, 0.3) is 33.5 Å². The highest BCUT2D eigenvalue weighted by Crippen LogP contribution is 2.39. The number of nitrogens with zero attached hydrogens (tertiary/aromatic N) is 1. The highest BCUT2D eigenvalue weighted by Gasteiger charge is 2.21. The molecule has 0 spiro atoms. The van der Waals surface area contributed by atoms with Crippen molar-refractivity contribution in [2.24, 2.45) is 0 Å². The van der Waals surface area contributed by atoms with Crippen LogP contribution in [0, 0.1) is 5.82 Å². The van der Waals surface area contributed by atoms with Gasteiger partial charge < -0.3 is 0 Å². The number of halogens is 1. The van der Waals surface area contributed by atoms with Crippen LogP contribution in [0.4, 0.5) is 4.39 Å². The summed E-state index contributed by atoms with van der Waals surface area (Å²) in [6, 6.07) is 19.7. The number of hydrogen-bond acceptors (Lipinski definition) is 5. The summed E-state index contributed by atoms with van der Waals surface area (Å²) in [6.07, 6.45) is 3.09.